The summed E-state index contributed by atoms with van der Waals surface area (Å²) in [5, 5.41) is 8.64. The van der Waals surface area contributed by atoms with Gasteiger partial charge in [0.15, 0.2) is 0 Å². The second kappa shape index (κ2) is 5.69. The molecule has 2 fully saturated rings. The van der Waals surface area contributed by atoms with E-state index in [9.17, 15) is 0 Å². The first-order valence-corrected chi connectivity index (χ1v) is 11.0. The number of nitrogens with zero attached hydrogens (tertiary/aromatic N) is 4. The first-order chi connectivity index (χ1) is 13.2. The van der Waals surface area contributed by atoms with Crippen LogP contribution in [0.4, 0.5) is 0 Å². The van der Waals surface area contributed by atoms with Crippen molar-refractivity contribution in [3.8, 4) is 0 Å². The average molecular weight is 367 g/mol. The summed E-state index contributed by atoms with van der Waals surface area (Å²) < 4.78 is 5.99. The Hall–Kier alpha value is -1.62. The van der Waals surface area contributed by atoms with E-state index in [0.29, 0.717) is 18.0 Å². The monoisotopic (exact) mass is 366 g/mol. The summed E-state index contributed by atoms with van der Waals surface area (Å²) in [6.45, 7) is 6.79. The molecule has 0 radical (unpaired) electrons. The number of aryl methyl sites for hydroxylation is 1. The van der Waals surface area contributed by atoms with E-state index in [1.165, 1.54) is 70.2 Å². The Kier molecular flexibility index (Phi) is 3.45. The maximum atomic E-state index is 5.99. The summed E-state index contributed by atoms with van der Waals surface area (Å²) in [6, 6.07) is 1.18. The Morgan fingerprint density at radius 1 is 1.19 bits per heavy atom. The molecule has 0 aromatic carbocycles. The van der Waals surface area contributed by atoms with Crippen LogP contribution < -0.4 is 0 Å². The van der Waals surface area contributed by atoms with E-state index in [2.05, 4.69) is 33.0 Å². The lowest BCUT2D eigenvalue weighted by Crippen LogP contribution is -2.58. The molecular weight excluding hydrogens is 336 g/mol. The molecule has 5 nitrogen and oxygen atoms in total. The molecule has 1 saturated carbocycles. The van der Waals surface area contributed by atoms with Crippen molar-refractivity contribution in [2.45, 2.75) is 77.3 Å². The van der Waals surface area contributed by atoms with Gasteiger partial charge in [0.2, 0.25) is 5.89 Å². The van der Waals surface area contributed by atoms with Crippen LogP contribution in [0.25, 0.3) is 5.70 Å². The molecule has 5 aliphatic rings. The molecule has 1 aromatic heterocycles. The van der Waals surface area contributed by atoms with E-state index >= 15 is 0 Å². The van der Waals surface area contributed by atoms with E-state index in [4.69, 9.17) is 4.42 Å². The fourth-order valence-electron chi connectivity index (χ4n) is 7.00. The molecule has 1 saturated heterocycles. The minimum atomic E-state index is 0.223. The van der Waals surface area contributed by atoms with E-state index in [0.717, 1.165) is 11.8 Å². The molecule has 6 rings (SSSR count). The fraction of sp³-hybridized carbons (Fsp3) is 0.727. The van der Waals surface area contributed by atoms with E-state index in [-0.39, 0.29) is 5.41 Å². The molecular formula is C22H30N4O. The van der Waals surface area contributed by atoms with E-state index in [1.807, 2.05) is 6.92 Å². The third-order valence-corrected chi connectivity index (χ3v) is 8.11. The lowest BCUT2D eigenvalue weighted by atomic mass is 9.65. The normalized spacial score (nSPS) is 37.9. The van der Waals surface area contributed by atoms with Crippen molar-refractivity contribution >= 4 is 5.70 Å². The first kappa shape index (κ1) is 16.3. The molecule has 1 aliphatic carbocycles. The third-order valence-electron chi connectivity index (χ3n) is 8.11. The molecule has 0 N–H and O–H groups in total. The highest BCUT2D eigenvalue weighted by Gasteiger charge is 2.57. The van der Waals surface area contributed by atoms with Crippen LogP contribution in [0, 0.1) is 18.3 Å². The van der Waals surface area contributed by atoms with Crippen molar-refractivity contribution < 1.29 is 4.42 Å². The lowest BCUT2D eigenvalue weighted by Gasteiger charge is -2.56. The predicted octanol–water partition coefficient (Wildman–Crippen LogP) is 4.13. The van der Waals surface area contributed by atoms with Gasteiger partial charge in [-0.15, -0.1) is 10.2 Å². The van der Waals surface area contributed by atoms with Crippen LogP contribution >= 0.6 is 0 Å². The number of aromatic nitrogens is 2. The second-order valence-corrected chi connectivity index (χ2v) is 9.27. The Labute approximate surface area is 161 Å². The largest absolute Gasteiger partial charge is 0.420 e. The smallest absolute Gasteiger partial charge is 0.263 e. The summed E-state index contributed by atoms with van der Waals surface area (Å²) in [5.74, 6) is 2.15. The summed E-state index contributed by atoms with van der Waals surface area (Å²) >= 11 is 0. The van der Waals surface area contributed by atoms with Crippen molar-refractivity contribution in [2.24, 2.45) is 11.3 Å². The van der Waals surface area contributed by atoms with Crippen LogP contribution in [0.5, 0.6) is 0 Å². The molecule has 27 heavy (non-hydrogen) atoms. The number of hydrogen-bond donors (Lipinski definition) is 0. The van der Waals surface area contributed by atoms with Gasteiger partial charge < -0.3 is 9.32 Å². The van der Waals surface area contributed by atoms with Gasteiger partial charge in [-0.2, -0.15) is 0 Å². The fourth-order valence-corrected chi connectivity index (χ4v) is 7.00. The second-order valence-electron chi connectivity index (χ2n) is 9.27. The number of piperidine rings is 1. The molecule has 5 heterocycles. The van der Waals surface area contributed by atoms with Gasteiger partial charge in [-0.1, -0.05) is 19.8 Å². The van der Waals surface area contributed by atoms with Gasteiger partial charge in [-0.05, 0) is 56.7 Å². The highest BCUT2D eigenvalue weighted by atomic mass is 16.4. The molecule has 0 bridgehead atoms. The zero-order chi connectivity index (χ0) is 18.2. The molecule has 5 heteroatoms. The molecule has 1 aromatic rings. The zero-order valence-electron chi connectivity index (χ0n) is 16.6. The highest BCUT2D eigenvalue weighted by Crippen LogP contribution is 2.59. The third kappa shape index (κ3) is 2.09. The van der Waals surface area contributed by atoms with Crippen LogP contribution in [0.3, 0.4) is 0 Å². The van der Waals surface area contributed by atoms with Crippen molar-refractivity contribution in [1.82, 2.24) is 20.0 Å². The number of fused-ring (bicyclic) bond motifs is 3. The van der Waals surface area contributed by atoms with Crippen LogP contribution in [0.2, 0.25) is 0 Å². The molecule has 2 unspecified atom stereocenters. The standard InChI is InChI=1S/C22H30N4O/c1-3-22-10-6-11-25-12-9-16-15-7-4-5-8-17(15)26(19(16)20(22)25)18(13-22)21-24-23-14(2)27-21/h13,15,17,20H,3-12H2,1-2H3/t15?,17?,20-,22+/m1/s1. The van der Waals surface area contributed by atoms with Crippen LogP contribution in [-0.4, -0.2) is 45.2 Å². The zero-order valence-corrected chi connectivity index (χ0v) is 16.6. The van der Waals surface area contributed by atoms with Gasteiger partial charge >= 0.3 is 0 Å². The van der Waals surface area contributed by atoms with Gasteiger partial charge in [0.05, 0.1) is 6.04 Å². The van der Waals surface area contributed by atoms with Crippen LogP contribution in [0.1, 0.15) is 70.1 Å². The molecule has 4 atom stereocenters. The van der Waals surface area contributed by atoms with Crippen molar-refractivity contribution in [2.75, 3.05) is 13.1 Å². The average Bonchev–Trinajstić information content (AvgIpc) is 3.28. The first-order valence-electron chi connectivity index (χ1n) is 11.0. The van der Waals surface area contributed by atoms with E-state index in [1.54, 1.807) is 11.3 Å². The highest BCUT2D eigenvalue weighted by molar-refractivity contribution is 5.66. The maximum absolute atomic E-state index is 5.99. The van der Waals surface area contributed by atoms with Crippen LogP contribution in [-0.2, 0) is 0 Å². The van der Waals surface area contributed by atoms with Gasteiger partial charge in [-0.25, -0.2) is 0 Å². The SMILES string of the molecule is CC[C@@]12C=C(c3nnc(C)o3)N3C4=C(CCN(CCC1)[C@H]42)C1CCCCC13. The topological polar surface area (TPSA) is 45.4 Å². The minimum Gasteiger partial charge on any atom is -0.420 e. The van der Waals surface area contributed by atoms with Gasteiger partial charge in [0, 0.05) is 36.5 Å². The van der Waals surface area contributed by atoms with Crippen LogP contribution in [0.15, 0.2) is 21.8 Å². The minimum absolute atomic E-state index is 0.223. The van der Waals surface area contributed by atoms with Crippen molar-refractivity contribution in [3.63, 3.8) is 0 Å². The molecule has 144 valence electrons. The summed E-state index contributed by atoms with van der Waals surface area (Å²) in [4.78, 5) is 5.48. The summed E-state index contributed by atoms with van der Waals surface area (Å²) in [7, 11) is 0. The summed E-state index contributed by atoms with van der Waals surface area (Å²) in [6.07, 6.45) is 13.0. The maximum Gasteiger partial charge on any atom is 0.263 e. The van der Waals surface area contributed by atoms with Gasteiger partial charge in [0.25, 0.3) is 5.89 Å². The van der Waals surface area contributed by atoms with Crippen molar-refractivity contribution in [1.29, 1.82) is 0 Å². The predicted molar refractivity (Wildman–Crippen MR) is 104 cm³/mol. The summed E-state index contributed by atoms with van der Waals surface area (Å²) in [5.41, 5.74) is 4.87. The van der Waals surface area contributed by atoms with Gasteiger partial charge in [0.1, 0.15) is 5.70 Å². The number of rotatable bonds is 2. The lowest BCUT2D eigenvalue weighted by molar-refractivity contribution is 0.0361. The Morgan fingerprint density at radius 2 is 2.07 bits per heavy atom. The Bertz CT molecular complexity index is 839. The molecule has 4 aliphatic heterocycles. The molecule has 0 amide bonds. The Morgan fingerprint density at radius 3 is 2.89 bits per heavy atom. The number of hydrogen-bond acceptors (Lipinski definition) is 5. The van der Waals surface area contributed by atoms with E-state index < -0.39 is 0 Å². The van der Waals surface area contributed by atoms with Gasteiger partial charge in [-0.3, -0.25) is 4.90 Å². The molecule has 0 spiro atoms. The van der Waals surface area contributed by atoms with Crippen molar-refractivity contribution in [3.05, 3.63) is 29.1 Å². The quantitative estimate of drug-likeness (QED) is 0.788. The Balaban J connectivity index is 1.59.